The summed E-state index contributed by atoms with van der Waals surface area (Å²) >= 11 is 0. The second-order valence-corrected chi connectivity index (χ2v) is 9.19. The zero-order valence-corrected chi connectivity index (χ0v) is 17.6. The maximum absolute atomic E-state index is 13.0. The molecule has 1 aliphatic rings. The molecule has 9 heteroatoms. The van der Waals surface area contributed by atoms with Gasteiger partial charge in [0, 0.05) is 25.5 Å². The van der Waals surface area contributed by atoms with Gasteiger partial charge >= 0.3 is 0 Å². The Labute approximate surface area is 180 Å². The van der Waals surface area contributed by atoms with Gasteiger partial charge in [-0.1, -0.05) is 30.3 Å². The van der Waals surface area contributed by atoms with Crippen molar-refractivity contribution in [1.82, 2.24) is 19.7 Å². The standard InChI is InChI=1S/C22H22N6O2S/c29-31(30,18-7-2-1-3-8-18)26-21-22(25-20-10-5-4-9-19(20)24-21)27-15-11-17(12-16-27)28-14-6-13-23-28/h1-10,13-14,17H,11-12,15-16H2,(H,24,26). The minimum Gasteiger partial charge on any atom is -0.353 e. The first-order chi connectivity index (χ1) is 15.1. The predicted molar refractivity (Wildman–Crippen MR) is 119 cm³/mol. The van der Waals surface area contributed by atoms with Crippen molar-refractivity contribution in [2.45, 2.75) is 23.8 Å². The molecule has 0 radical (unpaired) electrons. The zero-order valence-electron chi connectivity index (χ0n) is 16.8. The van der Waals surface area contributed by atoms with Crippen LogP contribution < -0.4 is 9.62 Å². The maximum atomic E-state index is 13.0. The molecule has 3 heterocycles. The number of fused-ring (bicyclic) bond motifs is 1. The Morgan fingerprint density at radius 2 is 1.55 bits per heavy atom. The van der Waals surface area contributed by atoms with Crippen molar-refractivity contribution >= 4 is 32.7 Å². The molecule has 0 saturated carbocycles. The highest BCUT2D eigenvalue weighted by atomic mass is 32.2. The molecule has 31 heavy (non-hydrogen) atoms. The van der Waals surface area contributed by atoms with Crippen LogP contribution in [0.1, 0.15) is 18.9 Å². The number of anilines is 2. The average Bonchev–Trinajstić information content (AvgIpc) is 3.34. The molecule has 0 unspecified atom stereocenters. The summed E-state index contributed by atoms with van der Waals surface area (Å²) in [6, 6.07) is 18.0. The number of para-hydroxylation sites is 2. The Balaban J connectivity index is 1.48. The first-order valence-corrected chi connectivity index (χ1v) is 11.7. The van der Waals surface area contributed by atoms with Crippen LogP contribution in [0.3, 0.4) is 0 Å². The van der Waals surface area contributed by atoms with Gasteiger partial charge in [-0.05, 0) is 43.2 Å². The fourth-order valence-electron chi connectivity index (χ4n) is 3.90. The molecule has 4 aromatic rings. The third kappa shape index (κ3) is 3.96. The Bertz CT molecular complexity index is 1280. The second kappa shape index (κ2) is 7.99. The van der Waals surface area contributed by atoms with E-state index in [2.05, 4.69) is 19.7 Å². The molecule has 158 valence electrons. The Kier molecular flexibility index (Phi) is 5.03. The number of rotatable bonds is 5. The van der Waals surface area contributed by atoms with Crippen molar-refractivity contribution in [3.05, 3.63) is 73.1 Å². The van der Waals surface area contributed by atoms with Crippen LogP contribution in [0.15, 0.2) is 78.0 Å². The van der Waals surface area contributed by atoms with Crippen LogP contribution in [-0.4, -0.2) is 41.3 Å². The lowest BCUT2D eigenvalue weighted by molar-refractivity contribution is 0.366. The lowest BCUT2D eigenvalue weighted by atomic mass is 10.1. The number of aromatic nitrogens is 4. The van der Waals surface area contributed by atoms with Crippen molar-refractivity contribution in [2.24, 2.45) is 0 Å². The van der Waals surface area contributed by atoms with Crippen LogP contribution in [0.2, 0.25) is 0 Å². The van der Waals surface area contributed by atoms with E-state index in [1.807, 2.05) is 41.2 Å². The van der Waals surface area contributed by atoms with E-state index in [0.29, 0.717) is 17.4 Å². The Morgan fingerprint density at radius 3 is 2.23 bits per heavy atom. The highest BCUT2D eigenvalue weighted by Crippen LogP contribution is 2.31. The van der Waals surface area contributed by atoms with Gasteiger partial charge in [0.25, 0.3) is 10.0 Å². The largest absolute Gasteiger partial charge is 0.353 e. The smallest absolute Gasteiger partial charge is 0.263 e. The van der Waals surface area contributed by atoms with Crippen molar-refractivity contribution in [1.29, 1.82) is 0 Å². The minimum atomic E-state index is -3.78. The lowest BCUT2D eigenvalue weighted by Crippen LogP contribution is -2.36. The number of hydrogen-bond acceptors (Lipinski definition) is 6. The molecule has 8 nitrogen and oxygen atoms in total. The van der Waals surface area contributed by atoms with Crippen LogP contribution in [-0.2, 0) is 10.0 Å². The van der Waals surface area contributed by atoms with E-state index in [9.17, 15) is 8.42 Å². The van der Waals surface area contributed by atoms with Gasteiger partial charge in [-0.2, -0.15) is 5.10 Å². The van der Waals surface area contributed by atoms with Crippen LogP contribution in [0.25, 0.3) is 11.0 Å². The summed E-state index contributed by atoms with van der Waals surface area (Å²) in [5.41, 5.74) is 1.37. The zero-order chi connectivity index (χ0) is 21.3. The van der Waals surface area contributed by atoms with Gasteiger partial charge in [-0.25, -0.2) is 18.4 Å². The third-order valence-corrected chi connectivity index (χ3v) is 6.85. The number of hydrogen-bond donors (Lipinski definition) is 1. The maximum Gasteiger partial charge on any atom is 0.263 e. The first-order valence-electron chi connectivity index (χ1n) is 10.2. The molecule has 1 aliphatic heterocycles. The molecule has 0 bridgehead atoms. The van der Waals surface area contributed by atoms with Gasteiger partial charge in [0.05, 0.1) is 22.0 Å². The highest BCUT2D eigenvalue weighted by Gasteiger charge is 2.26. The molecule has 0 amide bonds. The summed E-state index contributed by atoms with van der Waals surface area (Å²) in [6.07, 6.45) is 5.55. The molecule has 0 spiro atoms. The number of piperidine rings is 1. The predicted octanol–water partition coefficient (Wildman–Crippen LogP) is 3.47. The summed E-state index contributed by atoms with van der Waals surface area (Å²) in [6.45, 7) is 1.47. The van der Waals surface area contributed by atoms with E-state index < -0.39 is 10.0 Å². The van der Waals surface area contributed by atoms with E-state index >= 15 is 0 Å². The lowest BCUT2D eigenvalue weighted by Gasteiger charge is -2.33. The number of nitrogens with zero attached hydrogens (tertiary/aromatic N) is 5. The monoisotopic (exact) mass is 434 g/mol. The molecular weight excluding hydrogens is 412 g/mol. The van der Waals surface area contributed by atoms with Gasteiger partial charge in [0.1, 0.15) is 0 Å². The first kappa shape index (κ1) is 19.5. The molecule has 2 aromatic carbocycles. The fraction of sp³-hybridized carbons (Fsp3) is 0.227. The Morgan fingerprint density at radius 1 is 0.871 bits per heavy atom. The molecule has 1 fully saturated rings. The van der Waals surface area contributed by atoms with Crippen molar-refractivity contribution in [2.75, 3.05) is 22.7 Å². The molecule has 5 rings (SSSR count). The van der Waals surface area contributed by atoms with Crippen LogP contribution in [0.4, 0.5) is 11.6 Å². The van der Waals surface area contributed by atoms with Gasteiger partial charge in [-0.3, -0.25) is 9.40 Å². The summed E-state index contributed by atoms with van der Waals surface area (Å²) < 4.78 is 30.6. The molecule has 1 N–H and O–H groups in total. The van der Waals surface area contributed by atoms with Gasteiger partial charge in [0.15, 0.2) is 11.6 Å². The summed E-state index contributed by atoms with van der Waals surface area (Å²) in [7, 11) is -3.78. The summed E-state index contributed by atoms with van der Waals surface area (Å²) in [5.74, 6) is 0.803. The average molecular weight is 435 g/mol. The molecular formula is C22H22N6O2S. The van der Waals surface area contributed by atoms with Gasteiger partial charge in [0.2, 0.25) is 0 Å². The normalized spacial score (nSPS) is 15.3. The van der Waals surface area contributed by atoms with Crippen molar-refractivity contribution in [3.63, 3.8) is 0 Å². The molecule has 1 saturated heterocycles. The van der Waals surface area contributed by atoms with E-state index in [1.165, 1.54) is 0 Å². The molecule has 0 atom stereocenters. The van der Waals surface area contributed by atoms with Crippen molar-refractivity contribution < 1.29 is 8.42 Å². The van der Waals surface area contributed by atoms with Gasteiger partial charge in [-0.15, -0.1) is 0 Å². The molecule has 2 aromatic heterocycles. The number of benzene rings is 2. The third-order valence-electron chi connectivity index (χ3n) is 5.50. The second-order valence-electron chi connectivity index (χ2n) is 7.51. The highest BCUT2D eigenvalue weighted by molar-refractivity contribution is 7.92. The minimum absolute atomic E-state index is 0.188. The number of nitrogens with one attached hydrogen (secondary N) is 1. The van der Waals surface area contributed by atoms with E-state index in [0.717, 1.165) is 31.4 Å². The SMILES string of the molecule is O=S(=O)(Nc1nc2ccccc2nc1N1CCC(n2cccn2)CC1)c1ccccc1. The summed E-state index contributed by atoms with van der Waals surface area (Å²) in [5, 5.41) is 4.36. The van der Waals surface area contributed by atoms with Crippen LogP contribution >= 0.6 is 0 Å². The van der Waals surface area contributed by atoms with Crippen LogP contribution in [0.5, 0.6) is 0 Å². The van der Waals surface area contributed by atoms with E-state index in [-0.39, 0.29) is 10.7 Å². The fourth-order valence-corrected chi connectivity index (χ4v) is 4.93. The Hall–Kier alpha value is -3.46. The molecule has 0 aliphatic carbocycles. The van der Waals surface area contributed by atoms with E-state index in [1.54, 1.807) is 36.5 Å². The topological polar surface area (TPSA) is 93.0 Å². The van der Waals surface area contributed by atoms with Crippen molar-refractivity contribution in [3.8, 4) is 0 Å². The number of sulfonamides is 1. The van der Waals surface area contributed by atoms with Crippen LogP contribution in [0, 0.1) is 0 Å². The summed E-state index contributed by atoms with van der Waals surface area (Å²) in [4.78, 5) is 11.7. The quantitative estimate of drug-likeness (QED) is 0.517. The van der Waals surface area contributed by atoms with Gasteiger partial charge < -0.3 is 4.90 Å². The van der Waals surface area contributed by atoms with E-state index in [4.69, 9.17) is 4.98 Å².